The summed E-state index contributed by atoms with van der Waals surface area (Å²) in [6, 6.07) is 0.969. The third kappa shape index (κ3) is 3.74. The van der Waals surface area contributed by atoms with Crippen molar-refractivity contribution in [3.63, 3.8) is 0 Å². The minimum absolute atomic E-state index is 0.209. The summed E-state index contributed by atoms with van der Waals surface area (Å²) in [5.74, 6) is 0. The lowest BCUT2D eigenvalue weighted by Gasteiger charge is -2.41. The predicted octanol–water partition coefficient (Wildman–Crippen LogP) is 1.55. The molecule has 0 aromatic rings. The third-order valence-corrected chi connectivity index (χ3v) is 3.33. The first-order valence-corrected chi connectivity index (χ1v) is 5.87. The summed E-state index contributed by atoms with van der Waals surface area (Å²) in [5, 5.41) is 12.7. The number of aliphatic hydroxyl groups is 1. The number of nitrogens with one attached hydrogen (secondary N) is 1. The van der Waals surface area contributed by atoms with E-state index in [1.807, 2.05) is 0 Å². The van der Waals surface area contributed by atoms with Gasteiger partial charge in [0.05, 0.1) is 6.10 Å². The van der Waals surface area contributed by atoms with E-state index in [1.165, 1.54) is 0 Å². The summed E-state index contributed by atoms with van der Waals surface area (Å²) in [4.78, 5) is 0. The van der Waals surface area contributed by atoms with Crippen LogP contribution in [0.25, 0.3) is 0 Å². The van der Waals surface area contributed by atoms with Crippen molar-refractivity contribution >= 4 is 0 Å². The van der Waals surface area contributed by atoms with Crippen molar-refractivity contribution in [2.24, 2.45) is 5.41 Å². The third-order valence-electron chi connectivity index (χ3n) is 3.33. The Morgan fingerprint density at radius 3 is 2.40 bits per heavy atom. The van der Waals surface area contributed by atoms with Gasteiger partial charge < -0.3 is 15.2 Å². The minimum atomic E-state index is 0.209. The zero-order chi connectivity index (χ0) is 11.5. The van der Waals surface area contributed by atoms with Crippen molar-refractivity contribution in [1.82, 2.24) is 5.32 Å². The van der Waals surface area contributed by atoms with Gasteiger partial charge in [-0.25, -0.2) is 0 Å². The summed E-state index contributed by atoms with van der Waals surface area (Å²) in [7, 11) is 1.77. The molecule has 0 bridgehead atoms. The Labute approximate surface area is 93.2 Å². The van der Waals surface area contributed by atoms with Crippen LogP contribution in [-0.4, -0.2) is 37.0 Å². The Morgan fingerprint density at radius 2 is 2.00 bits per heavy atom. The SMILES string of the molecule is COC1CC(NC(CCO)C(C)(C)C)C1. The standard InChI is InChI=1S/C12H25NO2/c1-12(2,3)11(5-6-14)13-9-7-10(8-9)15-4/h9-11,13-14H,5-8H2,1-4H3. The van der Waals surface area contributed by atoms with Crippen LogP contribution < -0.4 is 5.32 Å². The Bertz CT molecular complexity index is 183. The van der Waals surface area contributed by atoms with Gasteiger partial charge in [-0.3, -0.25) is 0 Å². The van der Waals surface area contributed by atoms with E-state index in [2.05, 4.69) is 26.1 Å². The predicted molar refractivity (Wildman–Crippen MR) is 61.9 cm³/mol. The maximum atomic E-state index is 9.04. The monoisotopic (exact) mass is 215 g/mol. The molecule has 1 aliphatic carbocycles. The summed E-state index contributed by atoms with van der Waals surface area (Å²) < 4.78 is 5.25. The Hall–Kier alpha value is -0.120. The first-order valence-electron chi connectivity index (χ1n) is 5.87. The van der Waals surface area contributed by atoms with Crippen LogP contribution in [0.4, 0.5) is 0 Å². The van der Waals surface area contributed by atoms with Gasteiger partial charge in [-0.15, -0.1) is 0 Å². The maximum absolute atomic E-state index is 9.04. The van der Waals surface area contributed by atoms with Gasteiger partial charge in [-0.2, -0.15) is 0 Å². The van der Waals surface area contributed by atoms with Gasteiger partial charge in [0.25, 0.3) is 0 Å². The molecule has 0 radical (unpaired) electrons. The molecule has 0 spiro atoms. The number of aliphatic hydroxyl groups excluding tert-OH is 1. The molecule has 0 amide bonds. The molecule has 0 saturated heterocycles. The summed E-state index contributed by atoms with van der Waals surface area (Å²) in [6.07, 6.45) is 3.48. The fourth-order valence-electron chi connectivity index (χ4n) is 2.07. The molecular formula is C12H25NO2. The average molecular weight is 215 g/mol. The summed E-state index contributed by atoms with van der Waals surface area (Å²) in [6.45, 7) is 6.90. The lowest BCUT2D eigenvalue weighted by atomic mass is 9.81. The van der Waals surface area contributed by atoms with Crippen LogP contribution in [0.3, 0.4) is 0 Å². The molecule has 0 aromatic carbocycles. The van der Waals surface area contributed by atoms with E-state index < -0.39 is 0 Å². The smallest absolute Gasteiger partial charge is 0.0601 e. The molecule has 2 N–H and O–H groups in total. The van der Waals surface area contributed by atoms with Crippen LogP contribution >= 0.6 is 0 Å². The molecule has 1 unspecified atom stereocenters. The van der Waals surface area contributed by atoms with Crippen molar-refractivity contribution < 1.29 is 9.84 Å². The molecule has 0 aromatic heterocycles. The Morgan fingerprint density at radius 1 is 1.40 bits per heavy atom. The van der Waals surface area contributed by atoms with E-state index in [0.717, 1.165) is 19.3 Å². The van der Waals surface area contributed by atoms with Crippen LogP contribution in [-0.2, 0) is 4.74 Å². The molecule has 1 fully saturated rings. The first-order chi connectivity index (χ1) is 6.97. The zero-order valence-electron chi connectivity index (χ0n) is 10.4. The second-order valence-corrected chi connectivity index (χ2v) is 5.62. The first kappa shape index (κ1) is 12.9. The molecule has 0 aliphatic heterocycles. The van der Waals surface area contributed by atoms with Crippen molar-refractivity contribution in [3.05, 3.63) is 0 Å². The number of methoxy groups -OCH3 is 1. The van der Waals surface area contributed by atoms with Crippen LogP contribution in [0.1, 0.15) is 40.0 Å². The molecule has 1 aliphatic rings. The molecule has 90 valence electrons. The van der Waals surface area contributed by atoms with Gasteiger partial charge in [-0.1, -0.05) is 20.8 Å². The van der Waals surface area contributed by atoms with Crippen LogP contribution in [0.5, 0.6) is 0 Å². The van der Waals surface area contributed by atoms with E-state index >= 15 is 0 Å². The topological polar surface area (TPSA) is 41.5 Å². The molecule has 1 rings (SSSR count). The van der Waals surface area contributed by atoms with Crippen molar-refractivity contribution in [3.8, 4) is 0 Å². The number of rotatable bonds is 5. The molecule has 0 heterocycles. The quantitative estimate of drug-likeness (QED) is 0.731. The van der Waals surface area contributed by atoms with Crippen LogP contribution in [0.15, 0.2) is 0 Å². The molecule has 3 nitrogen and oxygen atoms in total. The summed E-state index contributed by atoms with van der Waals surface area (Å²) in [5.41, 5.74) is 0.209. The highest BCUT2D eigenvalue weighted by Gasteiger charge is 2.33. The van der Waals surface area contributed by atoms with Gasteiger partial charge in [0.2, 0.25) is 0 Å². The largest absolute Gasteiger partial charge is 0.396 e. The lowest BCUT2D eigenvalue weighted by molar-refractivity contribution is 0.00765. The van der Waals surface area contributed by atoms with Gasteiger partial charge in [0.15, 0.2) is 0 Å². The maximum Gasteiger partial charge on any atom is 0.0601 e. The average Bonchev–Trinajstić information content (AvgIpc) is 2.06. The molecular weight excluding hydrogens is 190 g/mol. The Kier molecular flexibility index (Phi) is 4.56. The van der Waals surface area contributed by atoms with E-state index in [-0.39, 0.29) is 12.0 Å². The van der Waals surface area contributed by atoms with E-state index in [4.69, 9.17) is 9.84 Å². The number of hydrogen-bond acceptors (Lipinski definition) is 3. The van der Waals surface area contributed by atoms with Crippen molar-refractivity contribution in [1.29, 1.82) is 0 Å². The van der Waals surface area contributed by atoms with Crippen molar-refractivity contribution in [2.75, 3.05) is 13.7 Å². The molecule has 1 saturated carbocycles. The van der Waals surface area contributed by atoms with E-state index in [0.29, 0.717) is 18.2 Å². The second-order valence-electron chi connectivity index (χ2n) is 5.62. The van der Waals surface area contributed by atoms with E-state index in [9.17, 15) is 0 Å². The van der Waals surface area contributed by atoms with Gasteiger partial charge in [0, 0.05) is 25.8 Å². The highest BCUT2D eigenvalue weighted by Crippen LogP contribution is 2.28. The Balaban J connectivity index is 2.33. The molecule has 3 heteroatoms. The zero-order valence-corrected chi connectivity index (χ0v) is 10.4. The normalized spacial score (nSPS) is 28.6. The van der Waals surface area contributed by atoms with Crippen LogP contribution in [0, 0.1) is 5.41 Å². The van der Waals surface area contributed by atoms with Crippen LogP contribution in [0.2, 0.25) is 0 Å². The second kappa shape index (κ2) is 5.28. The minimum Gasteiger partial charge on any atom is -0.396 e. The fourth-order valence-corrected chi connectivity index (χ4v) is 2.07. The van der Waals surface area contributed by atoms with Gasteiger partial charge >= 0.3 is 0 Å². The van der Waals surface area contributed by atoms with Crippen molar-refractivity contribution in [2.45, 2.75) is 58.2 Å². The highest BCUT2D eigenvalue weighted by atomic mass is 16.5. The van der Waals surface area contributed by atoms with Gasteiger partial charge in [0.1, 0.15) is 0 Å². The number of ether oxygens (including phenoxy) is 1. The highest BCUT2D eigenvalue weighted by molar-refractivity contribution is 4.91. The summed E-state index contributed by atoms with van der Waals surface area (Å²) >= 11 is 0. The lowest BCUT2D eigenvalue weighted by Crippen LogP contribution is -2.53. The number of hydrogen-bond donors (Lipinski definition) is 2. The van der Waals surface area contributed by atoms with Gasteiger partial charge in [-0.05, 0) is 24.7 Å². The van der Waals surface area contributed by atoms with E-state index in [1.54, 1.807) is 7.11 Å². The molecule has 1 atom stereocenters. The molecule has 15 heavy (non-hydrogen) atoms. The fraction of sp³-hybridized carbons (Fsp3) is 1.00.